The van der Waals surface area contributed by atoms with Crippen LogP contribution in [0.2, 0.25) is 0 Å². The maximum absolute atomic E-state index is 12.0. The van der Waals surface area contributed by atoms with Crippen LogP contribution >= 0.6 is 24.8 Å². The summed E-state index contributed by atoms with van der Waals surface area (Å²) < 4.78 is 0. The van der Waals surface area contributed by atoms with Gasteiger partial charge in [-0.05, 0) is 42.8 Å². The van der Waals surface area contributed by atoms with Crippen LogP contribution in [0.5, 0.6) is 0 Å². The number of carbonyl (C=O) groups excluding carboxylic acids is 1. The summed E-state index contributed by atoms with van der Waals surface area (Å²) in [5.74, 6) is 0.0311. The molecule has 2 unspecified atom stereocenters. The number of pyridine rings is 1. The minimum absolute atomic E-state index is 0. The number of amides is 1. The van der Waals surface area contributed by atoms with Crippen LogP contribution in [0.3, 0.4) is 0 Å². The Balaban J connectivity index is 0.00000264. The van der Waals surface area contributed by atoms with Crippen molar-refractivity contribution in [1.29, 1.82) is 0 Å². The van der Waals surface area contributed by atoms with Crippen LogP contribution in [-0.2, 0) is 4.79 Å². The average molecular weight is 370 g/mol. The monoisotopic (exact) mass is 369 g/mol. The van der Waals surface area contributed by atoms with Crippen molar-refractivity contribution in [3.63, 3.8) is 0 Å². The molecule has 0 aliphatic heterocycles. The molecule has 1 aromatic carbocycles. The summed E-state index contributed by atoms with van der Waals surface area (Å²) in [5, 5.41) is 6.07. The number of benzene rings is 1. The number of nitrogens with one attached hydrogen (secondary N) is 2. The molecule has 0 radical (unpaired) electrons. The molecule has 0 bridgehead atoms. The second kappa shape index (κ2) is 11.0. The van der Waals surface area contributed by atoms with Crippen molar-refractivity contribution < 1.29 is 4.79 Å². The summed E-state index contributed by atoms with van der Waals surface area (Å²) in [6.45, 7) is 4.61. The molecule has 1 heterocycles. The van der Waals surface area contributed by atoms with Crippen molar-refractivity contribution in [2.24, 2.45) is 5.92 Å². The molecule has 0 fully saturated rings. The Hall–Kier alpha value is -1.62. The predicted octanol–water partition coefficient (Wildman–Crippen LogP) is 3.62. The number of hydrogen-bond donors (Lipinski definition) is 2. The van der Waals surface area contributed by atoms with Gasteiger partial charge >= 0.3 is 0 Å². The highest BCUT2D eigenvalue weighted by Crippen LogP contribution is 2.21. The van der Waals surface area contributed by atoms with Gasteiger partial charge in [-0.25, -0.2) is 0 Å². The summed E-state index contributed by atoms with van der Waals surface area (Å²) in [6.07, 6.45) is 3.57. The number of rotatable bonds is 6. The quantitative estimate of drug-likeness (QED) is 0.817. The maximum Gasteiger partial charge on any atom is 0.224 e. The summed E-state index contributed by atoms with van der Waals surface area (Å²) in [7, 11) is 1.85. The molecule has 0 aliphatic carbocycles. The summed E-state index contributed by atoms with van der Waals surface area (Å²) in [4.78, 5) is 16.1. The lowest BCUT2D eigenvalue weighted by Gasteiger charge is -2.18. The third kappa shape index (κ3) is 6.11. The van der Waals surface area contributed by atoms with Crippen LogP contribution in [0.1, 0.15) is 25.5 Å². The molecule has 4 nitrogen and oxygen atoms in total. The van der Waals surface area contributed by atoms with Crippen molar-refractivity contribution >= 4 is 30.7 Å². The molecule has 6 heteroatoms. The lowest BCUT2D eigenvalue weighted by atomic mass is 10.0. The van der Waals surface area contributed by atoms with Crippen LogP contribution in [0.15, 0.2) is 48.8 Å². The van der Waals surface area contributed by atoms with E-state index >= 15 is 0 Å². The summed E-state index contributed by atoms with van der Waals surface area (Å²) in [6, 6.07) is 12.2. The van der Waals surface area contributed by atoms with Gasteiger partial charge in [0.1, 0.15) is 0 Å². The first-order chi connectivity index (χ1) is 10.6. The molecule has 2 aromatic rings. The fourth-order valence-corrected chi connectivity index (χ4v) is 2.35. The molecular weight excluding hydrogens is 345 g/mol. The molecular formula is C18H25Cl2N3O. The molecule has 0 saturated heterocycles. The van der Waals surface area contributed by atoms with Crippen molar-refractivity contribution in [3.05, 3.63) is 54.4 Å². The fraction of sp³-hybridized carbons (Fsp3) is 0.333. The highest BCUT2D eigenvalue weighted by atomic mass is 35.5. The number of hydrogen-bond acceptors (Lipinski definition) is 3. The van der Waals surface area contributed by atoms with E-state index in [1.54, 1.807) is 12.4 Å². The van der Waals surface area contributed by atoms with Gasteiger partial charge in [0, 0.05) is 24.9 Å². The van der Waals surface area contributed by atoms with E-state index in [9.17, 15) is 4.79 Å². The van der Waals surface area contributed by atoms with Crippen LogP contribution in [0.4, 0.5) is 0 Å². The Kier molecular flexibility index (Phi) is 10.3. The first-order valence-corrected chi connectivity index (χ1v) is 7.57. The Bertz CT molecular complexity index is 605. The molecule has 0 spiro atoms. The van der Waals surface area contributed by atoms with Crippen LogP contribution < -0.4 is 10.6 Å². The van der Waals surface area contributed by atoms with Gasteiger partial charge in [0.15, 0.2) is 0 Å². The van der Waals surface area contributed by atoms with Crippen molar-refractivity contribution in [2.75, 3.05) is 13.6 Å². The van der Waals surface area contributed by atoms with Crippen LogP contribution in [0, 0.1) is 5.92 Å². The Labute approximate surface area is 156 Å². The zero-order valence-electron chi connectivity index (χ0n) is 14.2. The Morgan fingerprint density at radius 2 is 1.54 bits per heavy atom. The van der Waals surface area contributed by atoms with Crippen molar-refractivity contribution in [1.82, 2.24) is 15.6 Å². The van der Waals surface area contributed by atoms with Gasteiger partial charge in [-0.1, -0.05) is 31.2 Å². The maximum atomic E-state index is 12.0. The molecule has 24 heavy (non-hydrogen) atoms. The van der Waals surface area contributed by atoms with Gasteiger partial charge in [0.05, 0.1) is 6.04 Å². The zero-order valence-corrected chi connectivity index (χ0v) is 15.8. The predicted molar refractivity (Wildman–Crippen MR) is 104 cm³/mol. The zero-order chi connectivity index (χ0) is 15.9. The number of halogens is 2. The Morgan fingerprint density at radius 3 is 2.08 bits per heavy atom. The van der Waals surface area contributed by atoms with E-state index in [4.69, 9.17) is 0 Å². The molecule has 2 rings (SSSR count). The lowest BCUT2D eigenvalue weighted by Crippen LogP contribution is -2.35. The van der Waals surface area contributed by atoms with E-state index < -0.39 is 0 Å². The van der Waals surface area contributed by atoms with E-state index in [2.05, 4.69) is 39.9 Å². The number of nitrogens with zero attached hydrogens (tertiary/aromatic N) is 1. The van der Waals surface area contributed by atoms with Crippen molar-refractivity contribution in [3.8, 4) is 11.1 Å². The largest absolute Gasteiger partial charge is 0.349 e. The molecule has 1 aromatic heterocycles. The van der Waals surface area contributed by atoms with E-state index in [1.807, 2.05) is 33.0 Å². The van der Waals surface area contributed by atoms with Gasteiger partial charge in [-0.3, -0.25) is 9.78 Å². The first-order valence-electron chi connectivity index (χ1n) is 7.57. The van der Waals surface area contributed by atoms with Gasteiger partial charge < -0.3 is 10.6 Å². The SMILES string of the molecule is CNCC(C)C(=O)NC(C)c1ccc(-c2ccncc2)cc1.Cl.Cl. The fourth-order valence-electron chi connectivity index (χ4n) is 2.35. The molecule has 2 N–H and O–H groups in total. The molecule has 1 amide bonds. The normalized spacial score (nSPS) is 12.3. The summed E-state index contributed by atoms with van der Waals surface area (Å²) >= 11 is 0. The van der Waals surface area contributed by atoms with Gasteiger partial charge in [0.2, 0.25) is 5.91 Å². The van der Waals surface area contributed by atoms with E-state index in [1.165, 1.54) is 0 Å². The smallest absolute Gasteiger partial charge is 0.224 e. The lowest BCUT2D eigenvalue weighted by molar-refractivity contribution is -0.125. The van der Waals surface area contributed by atoms with Crippen LogP contribution in [0.25, 0.3) is 11.1 Å². The number of aromatic nitrogens is 1. The van der Waals surface area contributed by atoms with E-state index in [-0.39, 0.29) is 42.7 Å². The summed E-state index contributed by atoms with van der Waals surface area (Å²) in [5.41, 5.74) is 3.39. The van der Waals surface area contributed by atoms with E-state index in [0.29, 0.717) is 6.54 Å². The molecule has 0 saturated carbocycles. The third-order valence-corrected chi connectivity index (χ3v) is 3.74. The number of carbonyl (C=O) groups is 1. The van der Waals surface area contributed by atoms with Gasteiger partial charge in [0.25, 0.3) is 0 Å². The van der Waals surface area contributed by atoms with Crippen molar-refractivity contribution in [2.45, 2.75) is 19.9 Å². The minimum atomic E-state index is -0.0384. The first kappa shape index (κ1) is 22.4. The topological polar surface area (TPSA) is 54.0 Å². The molecule has 132 valence electrons. The standard InChI is InChI=1S/C18H23N3O.2ClH/c1-13(12-19-3)18(22)21-14(2)15-4-6-16(7-5-15)17-8-10-20-11-9-17;;/h4-11,13-14,19H,12H2,1-3H3,(H,21,22);2*1H. The van der Waals surface area contributed by atoms with E-state index in [0.717, 1.165) is 16.7 Å². The minimum Gasteiger partial charge on any atom is -0.349 e. The highest BCUT2D eigenvalue weighted by Gasteiger charge is 2.15. The Morgan fingerprint density at radius 1 is 1.00 bits per heavy atom. The highest BCUT2D eigenvalue weighted by molar-refractivity contribution is 5.85. The second-order valence-corrected chi connectivity index (χ2v) is 5.55. The average Bonchev–Trinajstić information content (AvgIpc) is 2.56. The molecule has 0 aliphatic rings. The van der Waals surface area contributed by atoms with Gasteiger partial charge in [-0.2, -0.15) is 0 Å². The van der Waals surface area contributed by atoms with Gasteiger partial charge in [-0.15, -0.1) is 24.8 Å². The third-order valence-electron chi connectivity index (χ3n) is 3.74. The molecule has 2 atom stereocenters. The van der Waals surface area contributed by atoms with Crippen LogP contribution in [-0.4, -0.2) is 24.5 Å². The second-order valence-electron chi connectivity index (χ2n) is 5.55.